The lowest BCUT2D eigenvalue weighted by Gasteiger charge is -2.12. The van der Waals surface area contributed by atoms with Gasteiger partial charge in [-0.1, -0.05) is 13.8 Å². The molecule has 0 fully saturated rings. The van der Waals surface area contributed by atoms with Crippen LogP contribution in [0.3, 0.4) is 0 Å². The molecule has 1 heterocycles. The monoisotopic (exact) mass is 387 g/mol. The van der Waals surface area contributed by atoms with Crippen LogP contribution in [0.5, 0.6) is 0 Å². The van der Waals surface area contributed by atoms with E-state index in [9.17, 15) is 19.2 Å². The van der Waals surface area contributed by atoms with E-state index in [2.05, 4.69) is 5.32 Å². The lowest BCUT2D eigenvalue weighted by Crippen LogP contribution is -2.24. The third-order valence-electron chi connectivity index (χ3n) is 3.77. The summed E-state index contributed by atoms with van der Waals surface area (Å²) in [7, 11) is 0. The van der Waals surface area contributed by atoms with Crippen LogP contribution in [0, 0.1) is 5.92 Å². The summed E-state index contributed by atoms with van der Waals surface area (Å²) < 4.78 is 5.21. The molecule has 1 aromatic heterocycles. The fourth-order valence-electron chi connectivity index (χ4n) is 2.15. The highest BCUT2D eigenvalue weighted by Gasteiger charge is 2.22. The minimum absolute atomic E-state index is 0.114. The van der Waals surface area contributed by atoms with E-state index in [1.807, 2.05) is 0 Å². The molecule has 0 unspecified atom stereocenters. The first kappa shape index (κ1) is 20.5. The molecule has 0 spiro atoms. The molecule has 0 saturated heterocycles. The van der Waals surface area contributed by atoms with Crippen LogP contribution in [0.2, 0.25) is 0 Å². The van der Waals surface area contributed by atoms with E-state index >= 15 is 0 Å². The molecular formula is C20H21NO5S. The van der Waals surface area contributed by atoms with Gasteiger partial charge in [0.05, 0.1) is 4.88 Å². The molecule has 1 N–H and O–H groups in total. The van der Waals surface area contributed by atoms with E-state index in [0.29, 0.717) is 16.1 Å². The summed E-state index contributed by atoms with van der Waals surface area (Å²) >= 11 is 1.03. The van der Waals surface area contributed by atoms with Crippen LogP contribution in [0.25, 0.3) is 0 Å². The van der Waals surface area contributed by atoms with Crippen molar-refractivity contribution in [3.05, 3.63) is 51.7 Å². The summed E-state index contributed by atoms with van der Waals surface area (Å²) in [4.78, 5) is 48.3. The Bertz CT molecular complexity index is 867. The summed E-state index contributed by atoms with van der Waals surface area (Å²) in [6, 6.07) is 9.46. The molecule has 0 aliphatic rings. The van der Waals surface area contributed by atoms with Gasteiger partial charge in [-0.15, -0.1) is 11.3 Å². The van der Waals surface area contributed by atoms with Gasteiger partial charge in [-0.25, -0.2) is 4.79 Å². The van der Waals surface area contributed by atoms with E-state index < -0.39 is 12.1 Å². The van der Waals surface area contributed by atoms with Crippen LogP contribution in [0.15, 0.2) is 36.4 Å². The Labute approximate surface area is 161 Å². The molecule has 0 radical (unpaired) electrons. The molecule has 1 aromatic carbocycles. The molecule has 0 aliphatic heterocycles. The summed E-state index contributed by atoms with van der Waals surface area (Å²) in [5.74, 6) is -1.39. The van der Waals surface area contributed by atoms with Gasteiger partial charge in [-0.2, -0.15) is 0 Å². The molecule has 7 heteroatoms. The Balaban J connectivity index is 2.00. The van der Waals surface area contributed by atoms with E-state index in [1.165, 1.54) is 19.9 Å². The van der Waals surface area contributed by atoms with Gasteiger partial charge in [0.1, 0.15) is 4.88 Å². The summed E-state index contributed by atoms with van der Waals surface area (Å²) in [5, 5.41) is 2.74. The first-order valence-corrected chi connectivity index (χ1v) is 9.27. The zero-order valence-electron chi connectivity index (χ0n) is 15.6. The quantitative estimate of drug-likeness (QED) is 0.573. The first-order chi connectivity index (χ1) is 12.7. The molecule has 6 nitrogen and oxygen atoms in total. The van der Waals surface area contributed by atoms with Gasteiger partial charge in [0.2, 0.25) is 11.7 Å². The Morgan fingerprint density at radius 3 is 2.04 bits per heavy atom. The third kappa shape index (κ3) is 5.34. The van der Waals surface area contributed by atoms with E-state index in [1.54, 1.807) is 44.2 Å². The number of Topliss-reactive ketones (excluding diaryl/α,β-unsaturated/α-hetero) is 2. The predicted molar refractivity (Wildman–Crippen MR) is 103 cm³/mol. The van der Waals surface area contributed by atoms with Gasteiger partial charge in [0.25, 0.3) is 0 Å². The molecule has 2 aromatic rings. The smallest absolute Gasteiger partial charge is 0.349 e. The number of anilines is 1. The highest BCUT2D eigenvalue weighted by molar-refractivity contribution is 7.15. The van der Waals surface area contributed by atoms with Crippen molar-refractivity contribution in [2.75, 3.05) is 5.32 Å². The Morgan fingerprint density at radius 2 is 1.52 bits per heavy atom. The van der Waals surface area contributed by atoms with Crippen molar-refractivity contribution < 1.29 is 23.9 Å². The number of ether oxygens (including phenoxy) is 1. The van der Waals surface area contributed by atoms with Crippen molar-refractivity contribution in [1.29, 1.82) is 0 Å². The molecule has 142 valence electrons. The number of benzene rings is 1. The summed E-state index contributed by atoms with van der Waals surface area (Å²) in [6.45, 7) is 6.49. The number of hydrogen-bond acceptors (Lipinski definition) is 6. The highest BCUT2D eigenvalue weighted by Crippen LogP contribution is 2.19. The van der Waals surface area contributed by atoms with Crippen molar-refractivity contribution in [3.63, 3.8) is 0 Å². The normalized spacial score (nSPS) is 11.7. The molecule has 1 amide bonds. The van der Waals surface area contributed by atoms with Gasteiger partial charge >= 0.3 is 5.97 Å². The van der Waals surface area contributed by atoms with Gasteiger partial charge in [0, 0.05) is 17.2 Å². The predicted octanol–water partition coefficient (Wildman–Crippen LogP) is 3.97. The highest BCUT2D eigenvalue weighted by atomic mass is 32.1. The van der Waals surface area contributed by atoms with E-state index in [0.717, 1.165) is 11.3 Å². The minimum atomic E-state index is -0.975. The van der Waals surface area contributed by atoms with Crippen LogP contribution in [-0.4, -0.2) is 29.5 Å². The standard InChI is InChI=1S/C20H21NO5S/c1-11(2)19(24)21-15-7-5-14(6-8-15)18(23)13(4)26-20(25)17-10-9-16(27-17)12(3)22/h5-11,13H,1-4H3,(H,21,24)/t13-/m0/s1. The molecule has 0 bridgehead atoms. The third-order valence-corrected chi connectivity index (χ3v) is 4.93. The number of carbonyl (C=O) groups excluding carboxylic acids is 4. The number of amides is 1. The van der Waals surface area contributed by atoms with E-state index in [-0.39, 0.29) is 28.3 Å². The average molecular weight is 387 g/mol. The van der Waals surface area contributed by atoms with Crippen molar-refractivity contribution >= 4 is 40.5 Å². The zero-order valence-corrected chi connectivity index (χ0v) is 16.4. The Kier molecular flexibility index (Phi) is 6.63. The summed E-state index contributed by atoms with van der Waals surface area (Å²) in [5.41, 5.74) is 0.957. The number of ketones is 2. The fraction of sp³-hybridized carbons (Fsp3) is 0.300. The molecule has 27 heavy (non-hydrogen) atoms. The number of hydrogen-bond donors (Lipinski definition) is 1. The summed E-state index contributed by atoms with van der Waals surface area (Å²) in [6.07, 6.45) is -0.975. The lowest BCUT2D eigenvalue weighted by molar-refractivity contribution is -0.118. The Hall–Kier alpha value is -2.80. The number of rotatable bonds is 7. The second kappa shape index (κ2) is 8.73. The van der Waals surface area contributed by atoms with Gasteiger partial charge in [-0.05, 0) is 50.2 Å². The maximum absolute atomic E-state index is 12.5. The molecule has 1 atom stereocenters. The lowest BCUT2D eigenvalue weighted by atomic mass is 10.1. The fourth-order valence-corrected chi connectivity index (χ4v) is 2.93. The van der Waals surface area contributed by atoms with Gasteiger partial charge < -0.3 is 10.1 Å². The van der Waals surface area contributed by atoms with Crippen LogP contribution in [0.4, 0.5) is 5.69 Å². The molecule has 0 aliphatic carbocycles. The van der Waals surface area contributed by atoms with E-state index in [4.69, 9.17) is 4.74 Å². The van der Waals surface area contributed by atoms with Gasteiger partial charge in [0.15, 0.2) is 11.9 Å². The topological polar surface area (TPSA) is 89.5 Å². The zero-order chi connectivity index (χ0) is 20.1. The molecule has 0 saturated carbocycles. The second-order valence-electron chi connectivity index (χ2n) is 6.35. The average Bonchev–Trinajstić information content (AvgIpc) is 3.12. The van der Waals surface area contributed by atoms with Crippen LogP contribution in [-0.2, 0) is 9.53 Å². The maximum Gasteiger partial charge on any atom is 0.349 e. The van der Waals surface area contributed by atoms with Gasteiger partial charge in [-0.3, -0.25) is 14.4 Å². The number of carbonyl (C=O) groups is 4. The number of esters is 1. The number of nitrogens with one attached hydrogen (secondary N) is 1. The largest absolute Gasteiger partial charge is 0.450 e. The number of thiophene rings is 1. The minimum Gasteiger partial charge on any atom is -0.450 e. The molecular weight excluding hydrogens is 366 g/mol. The van der Waals surface area contributed by atoms with Crippen molar-refractivity contribution in [3.8, 4) is 0 Å². The van der Waals surface area contributed by atoms with Crippen molar-refractivity contribution in [2.45, 2.75) is 33.8 Å². The molecule has 2 rings (SSSR count). The maximum atomic E-state index is 12.5. The first-order valence-electron chi connectivity index (χ1n) is 8.46. The Morgan fingerprint density at radius 1 is 0.926 bits per heavy atom. The van der Waals surface area contributed by atoms with Crippen LogP contribution < -0.4 is 5.32 Å². The van der Waals surface area contributed by atoms with Crippen LogP contribution in [0.1, 0.15) is 57.4 Å². The van der Waals surface area contributed by atoms with Crippen LogP contribution >= 0.6 is 11.3 Å². The van der Waals surface area contributed by atoms with Crippen molar-refractivity contribution in [1.82, 2.24) is 0 Å². The second-order valence-corrected chi connectivity index (χ2v) is 7.44. The van der Waals surface area contributed by atoms with Crippen molar-refractivity contribution in [2.24, 2.45) is 5.92 Å². The SMILES string of the molecule is CC(=O)c1ccc(C(=O)O[C@@H](C)C(=O)c2ccc(NC(=O)C(C)C)cc2)s1.